The van der Waals surface area contributed by atoms with Crippen LogP contribution in [0, 0.1) is 10.1 Å². The van der Waals surface area contributed by atoms with Gasteiger partial charge in [0.1, 0.15) is 17.8 Å². The smallest absolute Gasteiger partial charge is 0.269 e. The first-order valence-electron chi connectivity index (χ1n) is 10.7. The van der Waals surface area contributed by atoms with Crippen molar-refractivity contribution in [2.45, 2.75) is 32.0 Å². The minimum atomic E-state index is -0.540. The fraction of sp³-hybridized carbons (Fsp3) is 0.240. The molecule has 0 radical (unpaired) electrons. The molecule has 4 rings (SSSR count). The number of ketones is 1. The van der Waals surface area contributed by atoms with Gasteiger partial charge in [0.25, 0.3) is 5.69 Å². The first-order valence-corrected chi connectivity index (χ1v) is 10.7. The van der Waals surface area contributed by atoms with Crippen molar-refractivity contribution in [3.8, 4) is 0 Å². The van der Waals surface area contributed by atoms with Gasteiger partial charge >= 0.3 is 0 Å². The van der Waals surface area contributed by atoms with Crippen LogP contribution in [0.1, 0.15) is 30.6 Å². The van der Waals surface area contributed by atoms with Crippen molar-refractivity contribution in [2.75, 3.05) is 11.4 Å². The maximum atomic E-state index is 13.8. The second kappa shape index (κ2) is 9.70. The number of pyridine rings is 1. The summed E-state index contributed by atoms with van der Waals surface area (Å²) >= 11 is 0. The van der Waals surface area contributed by atoms with Gasteiger partial charge in [-0.05, 0) is 48.7 Å². The average Bonchev–Trinajstić information content (AvgIpc) is 3.10. The van der Waals surface area contributed by atoms with Crippen molar-refractivity contribution in [2.24, 2.45) is 0 Å². The fourth-order valence-electron chi connectivity index (χ4n) is 4.19. The van der Waals surface area contributed by atoms with Gasteiger partial charge in [-0.2, -0.15) is 0 Å². The molecule has 1 amide bonds. The number of rotatable bonds is 8. The van der Waals surface area contributed by atoms with E-state index in [0.29, 0.717) is 18.8 Å². The molecule has 2 atom stereocenters. The molecule has 0 N–H and O–H groups in total. The molecule has 1 aliphatic heterocycles. The highest BCUT2D eigenvalue weighted by molar-refractivity contribution is 5.99. The quantitative estimate of drug-likeness (QED) is 0.386. The number of nitro groups is 1. The Balaban J connectivity index is 1.79. The van der Waals surface area contributed by atoms with E-state index in [2.05, 4.69) is 4.98 Å². The number of aromatic nitrogens is 1. The zero-order chi connectivity index (χ0) is 23.4. The summed E-state index contributed by atoms with van der Waals surface area (Å²) in [5, 5.41) is 11.2. The first kappa shape index (κ1) is 22.3. The van der Waals surface area contributed by atoms with Gasteiger partial charge in [0.05, 0.1) is 11.0 Å². The maximum absolute atomic E-state index is 13.8. The van der Waals surface area contributed by atoms with Crippen molar-refractivity contribution < 1.29 is 14.5 Å². The summed E-state index contributed by atoms with van der Waals surface area (Å²) in [6, 6.07) is 20.8. The number of non-ortho nitro benzene ring substituents is 1. The van der Waals surface area contributed by atoms with Crippen molar-refractivity contribution in [3.63, 3.8) is 0 Å². The third-order valence-electron chi connectivity index (χ3n) is 5.77. The number of Topliss-reactive ketones (excluding diaryl/α,β-unsaturated/α-hetero) is 1. The summed E-state index contributed by atoms with van der Waals surface area (Å²) in [7, 11) is 0. The van der Waals surface area contributed by atoms with E-state index < -0.39 is 17.1 Å². The summed E-state index contributed by atoms with van der Waals surface area (Å²) in [5.41, 5.74) is 1.70. The van der Waals surface area contributed by atoms with Crippen LogP contribution in [0.15, 0.2) is 79.0 Å². The zero-order valence-corrected chi connectivity index (χ0v) is 18.2. The molecule has 0 saturated carbocycles. The summed E-state index contributed by atoms with van der Waals surface area (Å²) in [6.07, 6.45) is 1.85. The largest absolute Gasteiger partial charge is 0.300 e. The van der Waals surface area contributed by atoms with E-state index in [1.54, 1.807) is 35.4 Å². The number of hydrogen-bond donors (Lipinski definition) is 0. The third-order valence-corrected chi connectivity index (χ3v) is 5.77. The number of nitrogens with zero attached hydrogens (tertiary/aromatic N) is 4. The summed E-state index contributed by atoms with van der Waals surface area (Å²) < 4.78 is 0. The van der Waals surface area contributed by atoms with E-state index in [1.165, 1.54) is 19.1 Å². The van der Waals surface area contributed by atoms with Crippen molar-refractivity contribution >= 4 is 23.2 Å². The van der Waals surface area contributed by atoms with Gasteiger partial charge in [-0.25, -0.2) is 4.98 Å². The van der Waals surface area contributed by atoms with Crippen molar-refractivity contribution in [3.05, 3.63) is 100 Å². The Labute approximate surface area is 191 Å². The molecule has 0 aliphatic carbocycles. The standard InChI is InChI=1S/C25H24N4O4/c1-18(30)14-16-27-22(17-19-7-3-2-4-8-19)25(31)28(23-9-5-6-15-26-23)24(27)20-10-12-21(13-11-20)29(32)33/h2-13,15,22,24H,14,16-17H2,1H3/t22-,24-/m0/s1. The third kappa shape index (κ3) is 4.80. The Morgan fingerprint density at radius 1 is 1.03 bits per heavy atom. The number of benzene rings is 2. The van der Waals surface area contributed by atoms with Crippen LogP contribution in [-0.4, -0.2) is 39.1 Å². The Morgan fingerprint density at radius 3 is 2.33 bits per heavy atom. The molecule has 8 nitrogen and oxygen atoms in total. The maximum Gasteiger partial charge on any atom is 0.269 e. The molecule has 0 spiro atoms. The van der Waals surface area contributed by atoms with E-state index in [-0.39, 0.29) is 23.8 Å². The number of amides is 1. The van der Waals surface area contributed by atoms with Gasteiger partial charge in [-0.15, -0.1) is 0 Å². The molecule has 1 fully saturated rings. The van der Waals surface area contributed by atoms with Crippen LogP contribution in [0.2, 0.25) is 0 Å². The lowest BCUT2D eigenvalue weighted by molar-refractivity contribution is -0.384. The SMILES string of the molecule is CC(=O)CCN1[C@H](c2ccc([N+](=O)[O-])cc2)N(c2ccccn2)C(=O)[C@@H]1Cc1ccccc1. The van der Waals surface area contributed by atoms with Gasteiger partial charge in [0, 0.05) is 31.3 Å². The van der Waals surface area contributed by atoms with Crippen molar-refractivity contribution in [1.82, 2.24) is 9.88 Å². The minimum Gasteiger partial charge on any atom is -0.300 e. The van der Waals surface area contributed by atoms with E-state index >= 15 is 0 Å². The molecular weight excluding hydrogens is 420 g/mol. The number of hydrogen-bond acceptors (Lipinski definition) is 6. The van der Waals surface area contributed by atoms with Gasteiger partial charge < -0.3 is 0 Å². The van der Waals surface area contributed by atoms with E-state index in [4.69, 9.17) is 0 Å². The summed E-state index contributed by atoms with van der Waals surface area (Å²) in [5.74, 6) is 0.401. The number of carbonyl (C=O) groups excluding carboxylic acids is 2. The van der Waals surface area contributed by atoms with Crippen LogP contribution >= 0.6 is 0 Å². The van der Waals surface area contributed by atoms with Gasteiger partial charge in [0.15, 0.2) is 0 Å². The zero-order valence-electron chi connectivity index (χ0n) is 18.2. The highest BCUT2D eigenvalue weighted by Crippen LogP contribution is 2.39. The predicted octanol–water partition coefficient (Wildman–Crippen LogP) is 3.93. The molecule has 0 unspecified atom stereocenters. The fourth-order valence-corrected chi connectivity index (χ4v) is 4.19. The molecule has 2 heterocycles. The minimum absolute atomic E-state index is 0.0245. The molecule has 0 bridgehead atoms. The second-order valence-corrected chi connectivity index (χ2v) is 8.01. The number of anilines is 1. The van der Waals surface area contributed by atoms with Gasteiger partial charge in [-0.3, -0.25) is 29.5 Å². The lowest BCUT2D eigenvalue weighted by Gasteiger charge is -2.31. The van der Waals surface area contributed by atoms with Gasteiger partial charge in [-0.1, -0.05) is 36.4 Å². The molecule has 1 saturated heterocycles. The second-order valence-electron chi connectivity index (χ2n) is 8.01. The predicted molar refractivity (Wildman–Crippen MR) is 123 cm³/mol. The highest BCUT2D eigenvalue weighted by Gasteiger charge is 2.47. The molecule has 168 valence electrons. The summed E-state index contributed by atoms with van der Waals surface area (Å²) in [4.78, 5) is 44.4. The Kier molecular flexibility index (Phi) is 6.55. The number of nitro benzene ring substituents is 1. The molecule has 1 aromatic heterocycles. The van der Waals surface area contributed by atoms with Crippen LogP contribution in [0.4, 0.5) is 11.5 Å². The monoisotopic (exact) mass is 444 g/mol. The lowest BCUT2D eigenvalue weighted by atomic mass is 10.0. The Morgan fingerprint density at radius 2 is 1.73 bits per heavy atom. The molecule has 33 heavy (non-hydrogen) atoms. The van der Waals surface area contributed by atoms with Crippen LogP contribution in [0.25, 0.3) is 0 Å². The normalized spacial score (nSPS) is 18.5. The topological polar surface area (TPSA) is 96.7 Å². The van der Waals surface area contributed by atoms with Crippen LogP contribution in [-0.2, 0) is 16.0 Å². The van der Waals surface area contributed by atoms with E-state index in [9.17, 15) is 19.7 Å². The molecule has 3 aromatic rings. The lowest BCUT2D eigenvalue weighted by Crippen LogP contribution is -2.37. The highest BCUT2D eigenvalue weighted by atomic mass is 16.6. The van der Waals surface area contributed by atoms with Crippen LogP contribution in [0.3, 0.4) is 0 Å². The average molecular weight is 444 g/mol. The van der Waals surface area contributed by atoms with E-state index in [1.807, 2.05) is 41.3 Å². The molecule has 2 aromatic carbocycles. The van der Waals surface area contributed by atoms with Gasteiger partial charge in [0.2, 0.25) is 5.91 Å². The molecule has 8 heteroatoms. The van der Waals surface area contributed by atoms with Crippen LogP contribution in [0.5, 0.6) is 0 Å². The Hall–Kier alpha value is -3.91. The van der Waals surface area contributed by atoms with E-state index in [0.717, 1.165) is 11.1 Å². The first-order chi connectivity index (χ1) is 16.0. The molecular formula is C25H24N4O4. The Bertz CT molecular complexity index is 1140. The van der Waals surface area contributed by atoms with Crippen molar-refractivity contribution in [1.29, 1.82) is 0 Å². The molecule has 1 aliphatic rings. The van der Waals surface area contributed by atoms with Crippen LogP contribution < -0.4 is 4.90 Å². The summed E-state index contributed by atoms with van der Waals surface area (Å²) in [6.45, 7) is 1.91. The number of carbonyl (C=O) groups is 2.